The van der Waals surface area contributed by atoms with E-state index < -0.39 is 0 Å². The summed E-state index contributed by atoms with van der Waals surface area (Å²) in [6.45, 7) is 6.55. The number of thiazole rings is 1. The van der Waals surface area contributed by atoms with Gasteiger partial charge in [-0.25, -0.2) is 4.98 Å². The van der Waals surface area contributed by atoms with E-state index in [9.17, 15) is 9.59 Å². The number of carbonyl (C=O) groups excluding carboxylic acids is 2. The molecular weight excluding hydrogens is 536 g/mol. The summed E-state index contributed by atoms with van der Waals surface area (Å²) in [6, 6.07) is 14.3. The standard InChI is InChI=1S/C29H35ClN4O2S2/c1-3-22-17-21(6-11-26(22)30)18-34-14-12-25(13-15-34)32-28(36)5-4-16-37-29-33-27(19-38-29)23-7-9-24(10-8-23)31-20(2)35/h6-11,17,19,25H,3-5,12-16,18H2,1-2H3,(H,31,35)(H,32,36). The molecule has 2 aromatic carbocycles. The fourth-order valence-electron chi connectivity index (χ4n) is 4.57. The van der Waals surface area contributed by atoms with Crippen LogP contribution in [0.4, 0.5) is 5.69 Å². The maximum atomic E-state index is 12.5. The number of halogens is 1. The van der Waals surface area contributed by atoms with Gasteiger partial charge in [0.25, 0.3) is 0 Å². The Morgan fingerprint density at radius 2 is 1.92 bits per heavy atom. The lowest BCUT2D eigenvalue weighted by Crippen LogP contribution is -2.44. The van der Waals surface area contributed by atoms with E-state index in [1.54, 1.807) is 23.1 Å². The largest absolute Gasteiger partial charge is 0.353 e. The molecule has 38 heavy (non-hydrogen) atoms. The Balaban J connectivity index is 1.12. The summed E-state index contributed by atoms with van der Waals surface area (Å²) in [7, 11) is 0. The van der Waals surface area contributed by atoms with E-state index in [0.29, 0.717) is 6.42 Å². The van der Waals surface area contributed by atoms with Gasteiger partial charge in [0.05, 0.1) is 5.69 Å². The van der Waals surface area contributed by atoms with Crippen molar-refractivity contribution in [2.75, 3.05) is 24.2 Å². The lowest BCUT2D eigenvalue weighted by atomic mass is 10.0. The highest BCUT2D eigenvalue weighted by Crippen LogP contribution is 2.29. The Labute approximate surface area is 238 Å². The first-order valence-electron chi connectivity index (χ1n) is 13.1. The molecule has 2 amide bonds. The summed E-state index contributed by atoms with van der Waals surface area (Å²) in [5.41, 5.74) is 5.23. The van der Waals surface area contributed by atoms with Crippen LogP contribution in [-0.4, -0.2) is 46.6 Å². The number of thioether (sulfide) groups is 1. The van der Waals surface area contributed by atoms with Gasteiger partial charge in [0, 0.05) is 66.4 Å². The second kappa shape index (κ2) is 14.1. The van der Waals surface area contributed by atoms with Crippen molar-refractivity contribution in [1.82, 2.24) is 15.2 Å². The smallest absolute Gasteiger partial charge is 0.221 e. The highest BCUT2D eigenvalue weighted by Gasteiger charge is 2.21. The molecule has 1 aliphatic rings. The van der Waals surface area contributed by atoms with Gasteiger partial charge in [-0.3, -0.25) is 14.5 Å². The van der Waals surface area contributed by atoms with Crippen LogP contribution < -0.4 is 10.6 Å². The molecule has 0 atom stereocenters. The second-order valence-electron chi connectivity index (χ2n) is 9.61. The van der Waals surface area contributed by atoms with Crippen LogP contribution in [0.2, 0.25) is 5.02 Å². The number of benzene rings is 2. The van der Waals surface area contributed by atoms with Crippen LogP contribution in [-0.2, 0) is 22.6 Å². The van der Waals surface area contributed by atoms with Crippen molar-refractivity contribution in [2.24, 2.45) is 0 Å². The molecule has 2 heterocycles. The van der Waals surface area contributed by atoms with E-state index in [1.807, 2.05) is 35.7 Å². The van der Waals surface area contributed by atoms with Crippen molar-refractivity contribution in [3.8, 4) is 11.3 Å². The van der Waals surface area contributed by atoms with Crippen molar-refractivity contribution in [3.05, 3.63) is 64.0 Å². The molecule has 0 spiro atoms. The third-order valence-corrected chi connectivity index (χ3v) is 9.08. The number of rotatable bonds is 11. The molecule has 6 nitrogen and oxygen atoms in total. The van der Waals surface area contributed by atoms with Crippen molar-refractivity contribution in [1.29, 1.82) is 0 Å². The van der Waals surface area contributed by atoms with Gasteiger partial charge in [-0.05, 0) is 55.0 Å². The number of hydrogen-bond acceptors (Lipinski definition) is 6. The first kappa shape index (κ1) is 28.6. The Morgan fingerprint density at radius 3 is 2.63 bits per heavy atom. The van der Waals surface area contributed by atoms with Crippen LogP contribution in [0.5, 0.6) is 0 Å². The summed E-state index contributed by atoms with van der Waals surface area (Å²) < 4.78 is 1.01. The molecule has 0 unspecified atom stereocenters. The van der Waals surface area contributed by atoms with Gasteiger partial charge < -0.3 is 10.6 Å². The Kier molecular flexibility index (Phi) is 10.6. The average Bonchev–Trinajstić information content (AvgIpc) is 3.38. The Morgan fingerprint density at radius 1 is 1.16 bits per heavy atom. The molecule has 3 aromatic rings. The minimum atomic E-state index is -0.0835. The lowest BCUT2D eigenvalue weighted by Gasteiger charge is -2.32. The third kappa shape index (κ3) is 8.56. The molecule has 1 aliphatic heterocycles. The van der Waals surface area contributed by atoms with Gasteiger partial charge in [0.1, 0.15) is 0 Å². The number of carbonyl (C=O) groups is 2. The summed E-state index contributed by atoms with van der Waals surface area (Å²) in [5.74, 6) is 0.925. The fraction of sp³-hybridized carbons (Fsp3) is 0.414. The molecule has 0 aliphatic carbocycles. The van der Waals surface area contributed by atoms with Crippen LogP contribution in [0.15, 0.2) is 52.2 Å². The summed E-state index contributed by atoms with van der Waals surface area (Å²) in [5, 5.41) is 8.90. The topological polar surface area (TPSA) is 74.3 Å². The van der Waals surface area contributed by atoms with E-state index in [0.717, 1.165) is 77.4 Å². The lowest BCUT2D eigenvalue weighted by molar-refractivity contribution is -0.122. The molecule has 1 aromatic heterocycles. The summed E-state index contributed by atoms with van der Waals surface area (Å²) >= 11 is 9.57. The Hall–Kier alpha value is -2.39. The number of amides is 2. The van der Waals surface area contributed by atoms with Crippen LogP contribution in [0.25, 0.3) is 11.3 Å². The molecule has 1 saturated heterocycles. The van der Waals surface area contributed by atoms with Crippen LogP contribution in [0.1, 0.15) is 50.7 Å². The van der Waals surface area contributed by atoms with Gasteiger partial charge >= 0.3 is 0 Å². The predicted molar refractivity (Wildman–Crippen MR) is 159 cm³/mol. The number of anilines is 1. The first-order valence-corrected chi connectivity index (χ1v) is 15.4. The predicted octanol–water partition coefficient (Wildman–Crippen LogP) is 6.64. The van der Waals surface area contributed by atoms with Gasteiger partial charge in [-0.2, -0.15) is 0 Å². The first-order chi connectivity index (χ1) is 18.4. The minimum absolute atomic E-state index is 0.0835. The molecule has 0 bridgehead atoms. The minimum Gasteiger partial charge on any atom is -0.353 e. The van der Waals surface area contributed by atoms with E-state index in [1.165, 1.54) is 18.1 Å². The molecule has 9 heteroatoms. The van der Waals surface area contributed by atoms with Crippen molar-refractivity contribution in [3.63, 3.8) is 0 Å². The normalized spacial score (nSPS) is 14.4. The molecule has 0 saturated carbocycles. The van der Waals surface area contributed by atoms with Gasteiger partial charge in [-0.1, -0.05) is 54.6 Å². The zero-order valence-electron chi connectivity index (χ0n) is 22.0. The molecule has 0 radical (unpaired) electrons. The SMILES string of the molecule is CCc1cc(CN2CCC(NC(=O)CCCSc3nc(-c4ccc(NC(C)=O)cc4)cs3)CC2)ccc1Cl. The van der Waals surface area contributed by atoms with E-state index in [-0.39, 0.29) is 17.9 Å². The number of aromatic nitrogens is 1. The number of nitrogens with zero attached hydrogens (tertiary/aromatic N) is 2. The zero-order valence-corrected chi connectivity index (χ0v) is 24.4. The average molecular weight is 571 g/mol. The molecule has 1 fully saturated rings. The van der Waals surface area contributed by atoms with Crippen molar-refractivity contribution < 1.29 is 9.59 Å². The molecule has 4 rings (SSSR count). The maximum Gasteiger partial charge on any atom is 0.221 e. The number of likely N-dealkylation sites (tertiary alicyclic amines) is 1. The number of nitrogens with one attached hydrogen (secondary N) is 2. The maximum absolute atomic E-state index is 12.5. The monoisotopic (exact) mass is 570 g/mol. The van der Waals surface area contributed by atoms with Gasteiger partial charge in [0.2, 0.25) is 11.8 Å². The van der Waals surface area contributed by atoms with E-state index in [4.69, 9.17) is 16.6 Å². The molecular formula is C29H35ClN4O2S2. The van der Waals surface area contributed by atoms with Gasteiger partial charge in [0.15, 0.2) is 4.34 Å². The van der Waals surface area contributed by atoms with E-state index >= 15 is 0 Å². The molecule has 2 N–H and O–H groups in total. The number of aryl methyl sites for hydroxylation is 1. The van der Waals surface area contributed by atoms with Crippen LogP contribution >= 0.6 is 34.7 Å². The molecule has 202 valence electrons. The fourth-order valence-corrected chi connectivity index (χ4v) is 6.66. The quantitative estimate of drug-likeness (QED) is 0.200. The second-order valence-corrected chi connectivity index (χ2v) is 12.2. The number of hydrogen-bond donors (Lipinski definition) is 2. The number of piperidine rings is 1. The highest BCUT2D eigenvalue weighted by atomic mass is 35.5. The Bertz CT molecular complexity index is 1220. The van der Waals surface area contributed by atoms with Crippen LogP contribution in [0.3, 0.4) is 0 Å². The third-order valence-electron chi connectivity index (χ3n) is 6.61. The van der Waals surface area contributed by atoms with Crippen molar-refractivity contribution >= 4 is 52.2 Å². The van der Waals surface area contributed by atoms with Gasteiger partial charge in [-0.15, -0.1) is 11.3 Å². The summed E-state index contributed by atoms with van der Waals surface area (Å²) in [6.07, 6.45) is 4.29. The summed E-state index contributed by atoms with van der Waals surface area (Å²) in [4.78, 5) is 30.8. The highest BCUT2D eigenvalue weighted by molar-refractivity contribution is 8.01. The van der Waals surface area contributed by atoms with Crippen LogP contribution in [0, 0.1) is 0 Å². The zero-order chi connectivity index (χ0) is 26.9. The van der Waals surface area contributed by atoms with E-state index in [2.05, 4.69) is 34.6 Å². The van der Waals surface area contributed by atoms with Crippen molar-refractivity contribution in [2.45, 2.75) is 62.9 Å².